The number of rotatable bonds is 6. The van der Waals surface area contributed by atoms with Gasteiger partial charge in [-0.1, -0.05) is 13.8 Å². The summed E-state index contributed by atoms with van der Waals surface area (Å²) in [5.41, 5.74) is 0.987. The Morgan fingerprint density at radius 3 is 2.46 bits per heavy atom. The van der Waals surface area contributed by atoms with Crippen LogP contribution in [0.3, 0.4) is 0 Å². The lowest BCUT2D eigenvalue weighted by atomic mass is 10.2. The van der Waals surface area contributed by atoms with E-state index in [0.29, 0.717) is 19.5 Å². The van der Waals surface area contributed by atoms with E-state index in [9.17, 15) is 19.2 Å². The van der Waals surface area contributed by atoms with Crippen molar-refractivity contribution < 1.29 is 23.9 Å². The van der Waals surface area contributed by atoms with Gasteiger partial charge >= 0.3 is 12.0 Å². The maximum Gasteiger partial charge on any atom is 0.338 e. The van der Waals surface area contributed by atoms with Gasteiger partial charge in [0, 0.05) is 25.2 Å². The van der Waals surface area contributed by atoms with E-state index in [1.807, 2.05) is 13.8 Å². The van der Waals surface area contributed by atoms with Crippen LogP contribution in [-0.2, 0) is 14.3 Å². The van der Waals surface area contributed by atoms with E-state index in [4.69, 9.17) is 4.74 Å². The highest BCUT2D eigenvalue weighted by atomic mass is 16.5. The van der Waals surface area contributed by atoms with Crippen molar-refractivity contribution in [2.45, 2.75) is 26.7 Å². The summed E-state index contributed by atoms with van der Waals surface area (Å²) in [5, 5.41) is 4.61. The molecule has 2 rings (SSSR count). The summed E-state index contributed by atoms with van der Waals surface area (Å²) in [6.45, 7) is 4.40. The Balaban J connectivity index is 1.79. The van der Waals surface area contributed by atoms with Crippen molar-refractivity contribution in [3.05, 3.63) is 29.8 Å². The molecule has 4 amide bonds. The first-order valence-corrected chi connectivity index (χ1v) is 8.52. The normalized spacial score (nSPS) is 13.7. The fourth-order valence-electron chi connectivity index (χ4n) is 2.42. The van der Waals surface area contributed by atoms with Gasteiger partial charge in [0.15, 0.2) is 6.61 Å². The first-order chi connectivity index (χ1) is 12.4. The molecule has 8 nitrogen and oxygen atoms in total. The Morgan fingerprint density at radius 2 is 1.88 bits per heavy atom. The Kier molecular flexibility index (Phi) is 6.71. The molecule has 1 aliphatic rings. The van der Waals surface area contributed by atoms with Gasteiger partial charge < -0.3 is 15.0 Å². The number of hydrogen-bond donors (Lipinski definition) is 2. The van der Waals surface area contributed by atoms with E-state index in [-0.39, 0.29) is 17.4 Å². The monoisotopic (exact) mass is 361 g/mol. The highest BCUT2D eigenvalue weighted by Gasteiger charge is 2.22. The number of nitrogens with one attached hydrogen (secondary N) is 2. The third kappa shape index (κ3) is 5.58. The highest BCUT2D eigenvalue weighted by Crippen LogP contribution is 2.21. The van der Waals surface area contributed by atoms with Gasteiger partial charge in [0.05, 0.1) is 5.56 Å². The molecule has 0 radical (unpaired) electrons. The molecule has 0 saturated carbocycles. The quantitative estimate of drug-likeness (QED) is 0.746. The number of benzene rings is 1. The van der Waals surface area contributed by atoms with Gasteiger partial charge in [-0.25, -0.2) is 9.59 Å². The SMILES string of the molecule is CC(C)CNC(=O)NC(=O)COC(=O)c1ccc(N2CCCC2=O)cc1. The van der Waals surface area contributed by atoms with Crippen LogP contribution in [0.1, 0.15) is 37.0 Å². The number of esters is 1. The maximum absolute atomic E-state index is 12.0. The van der Waals surface area contributed by atoms with Crippen molar-refractivity contribution >= 4 is 29.5 Å². The molecule has 0 aliphatic carbocycles. The molecule has 140 valence electrons. The molecule has 0 spiro atoms. The van der Waals surface area contributed by atoms with Crippen LogP contribution in [0.15, 0.2) is 24.3 Å². The molecular formula is C18H23N3O5. The largest absolute Gasteiger partial charge is 0.452 e. The lowest BCUT2D eigenvalue weighted by Gasteiger charge is -2.15. The van der Waals surface area contributed by atoms with Crippen LogP contribution in [0.5, 0.6) is 0 Å². The molecule has 2 N–H and O–H groups in total. The number of nitrogens with zero attached hydrogens (tertiary/aromatic N) is 1. The average Bonchev–Trinajstić information content (AvgIpc) is 3.04. The minimum atomic E-state index is -0.709. The lowest BCUT2D eigenvalue weighted by molar-refractivity contribution is -0.123. The van der Waals surface area contributed by atoms with Gasteiger partial charge in [0.25, 0.3) is 5.91 Å². The highest BCUT2D eigenvalue weighted by molar-refractivity contribution is 5.98. The maximum atomic E-state index is 12.0. The fourth-order valence-corrected chi connectivity index (χ4v) is 2.42. The molecule has 0 unspecified atom stereocenters. The first-order valence-electron chi connectivity index (χ1n) is 8.52. The molecule has 1 fully saturated rings. The smallest absolute Gasteiger partial charge is 0.338 e. The van der Waals surface area contributed by atoms with Gasteiger partial charge in [0.1, 0.15) is 0 Å². The number of imide groups is 1. The fraction of sp³-hybridized carbons (Fsp3) is 0.444. The molecular weight excluding hydrogens is 338 g/mol. The number of carbonyl (C=O) groups is 4. The Labute approximate surface area is 151 Å². The number of amides is 4. The second-order valence-electron chi connectivity index (χ2n) is 6.42. The number of urea groups is 1. The standard InChI is InChI=1S/C18H23N3O5/c1-12(2)10-19-18(25)20-15(22)11-26-17(24)13-5-7-14(8-6-13)21-9-3-4-16(21)23/h5-8,12H,3-4,9-11H2,1-2H3,(H2,19,20,22,25). The number of ether oxygens (including phenoxy) is 1. The van der Waals surface area contributed by atoms with E-state index in [1.54, 1.807) is 17.0 Å². The summed E-state index contributed by atoms with van der Waals surface area (Å²) in [7, 11) is 0. The van der Waals surface area contributed by atoms with Crippen LogP contribution < -0.4 is 15.5 Å². The van der Waals surface area contributed by atoms with Crippen molar-refractivity contribution in [2.75, 3.05) is 24.6 Å². The van der Waals surface area contributed by atoms with Crippen LogP contribution >= 0.6 is 0 Å². The zero-order valence-corrected chi connectivity index (χ0v) is 14.9. The van der Waals surface area contributed by atoms with Gasteiger partial charge in [0.2, 0.25) is 5.91 Å². The molecule has 0 bridgehead atoms. The minimum Gasteiger partial charge on any atom is -0.452 e. The van der Waals surface area contributed by atoms with Crippen molar-refractivity contribution in [3.63, 3.8) is 0 Å². The number of hydrogen-bond acceptors (Lipinski definition) is 5. The van der Waals surface area contributed by atoms with Crippen molar-refractivity contribution in [3.8, 4) is 0 Å². The molecule has 1 aromatic carbocycles. The lowest BCUT2D eigenvalue weighted by Crippen LogP contribution is -2.42. The summed E-state index contributed by atoms with van der Waals surface area (Å²) in [5.74, 6) is -1.07. The summed E-state index contributed by atoms with van der Waals surface area (Å²) < 4.78 is 4.89. The van der Waals surface area contributed by atoms with E-state index in [0.717, 1.165) is 12.1 Å². The minimum absolute atomic E-state index is 0.0627. The van der Waals surface area contributed by atoms with Gasteiger partial charge in [-0.3, -0.25) is 14.9 Å². The van der Waals surface area contributed by atoms with Crippen LogP contribution in [0.2, 0.25) is 0 Å². The average molecular weight is 361 g/mol. The molecule has 1 aromatic rings. The van der Waals surface area contributed by atoms with Gasteiger partial charge in [-0.15, -0.1) is 0 Å². The first kappa shape index (κ1) is 19.4. The Morgan fingerprint density at radius 1 is 1.19 bits per heavy atom. The van der Waals surface area contributed by atoms with E-state index in [1.165, 1.54) is 12.1 Å². The molecule has 0 atom stereocenters. The molecule has 26 heavy (non-hydrogen) atoms. The van der Waals surface area contributed by atoms with E-state index < -0.39 is 24.5 Å². The molecule has 1 heterocycles. The number of carbonyl (C=O) groups excluding carboxylic acids is 4. The predicted octanol–water partition coefficient (Wildman–Crippen LogP) is 1.45. The van der Waals surface area contributed by atoms with E-state index >= 15 is 0 Å². The van der Waals surface area contributed by atoms with Gasteiger partial charge in [-0.2, -0.15) is 0 Å². The zero-order chi connectivity index (χ0) is 19.1. The molecule has 8 heteroatoms. The van der Waals surface area contributed by atoms with Crippen LogP contribution in [0.25, 0.3) is 0 Å². The third-order valence-corrected chi connectivity index (χ3v) is 3.75. The second-order valence-corrected chi connectivity index (χ2v) is 6.42. The van der Waals surface area contributed by atoms with Crippen molar-refractivity contribution in [1.82, 2.24) is 10.6 Å². The number of anilines is 1. The Hall–Kier alpha value is -2.90. The van der Waals surface area contributed by atoms with E-state index in [2.05, 4.69) is 10.6 Å². The van der Waals surface area contributed by atoms with Crippen LogP contribution in [0.4, 0.5) is 10.5 Å². The second kappa shape index (κ2) is 8.98. The van der Waals surface area contributed by atoms with Crippen LogP contribution in [-0.4, -0.2) is 43.5 Å². The van der Waals surface area contributed by atoms with Crippen molar-refractivity contribution in [1.29, 1.82) is 0 Å². The topological polar surface area (TPSA) is 105 Å². The van der Waals surface area contributed by atoms with Crippen LogP contribution in [0, 0.1) is 5.92 Å². The molecule has 0 aromatic heterocycles. The third-order valence-electron chi connectivity index (χ3n) is 3.75. The zero-order valence-electron chi connectivity index (χ0n) is 14.9. The predicted molar refractivity (Wildman–Crippen MR) is 94.7 cm³/mol. The summed E-state index contributed by atoms with van der Waals surface area (Å²) in [6.07, 6.45) is 1.35. The molecule has 1 aliphatic heterocycles. The van der Waals surface area contributed by atoms with Gasteiger partial charge in [-0.05, 0) is 36.6 Å². The summed E-state index contributed by atoms with van der Waals surface area (Å²) in [4.78, 5) is 48.4. The summed E-state index contributed by atoms with van der Waals surface area (Å²) in [6, 6.07) is 5.78. The molecule has 1 saturated heterocycles. The van der Waals surface area contributed by atoms with Crippen molar-refractivity contribution in [2.24, 2.45) is 5.92 Å². The Bertz CT molecular complexity index is 685. The summed E-state index contributed by atoms with van der Waals surface area (Å²) >= 11 is 0.